The molecular weight excluding hydrogens is 244 g/mol. The first-order chi connectivity index (χ1) is 8.64. The number of hydrogen-bond donors (Lipinski definition) is 0. The molecule has 102 valence electrons. The van der Waals surface area contributed by atoms with Crippen LogP contribution < -0.4 is 0 Å². The summed E-state index contributed by atoms with van der Waals surface area (Å²) >= 11 is 1.99. The van der Waals surface area contributed by atoms with Crippen LogP contribution in [0.3, 0.4) is 0 Å². The highest BCUT2D eigenvalue weighted by Crippen LogP contribution is 2.46. The van der Waals surface area contributed by atoms with E-state index in [-0.39, 0.29) is 16.9 Å². The summed E-state index contributed by atoms with van der Waals surface area (Å²) in [4.78, 5) is 12.8. The van der Waals surface area contributed by atoms with Gasteiger partial charge in [0.2, 0.25) is 0 Å². The molecule has 3 aliphatic rings. The minimum atomic E-state index is -0.00502. The lowest BCUT2D eigenvalue weighted by molar-refractivity contribution is -0.142. The summed E-state index contributed by atoms with van der Waals surface area (Å²) in [6.45, 7) is 3.00. The first-order valence-electron chi connectivity index (χ1n) is 7.40. The van der Waals surface area contributed by atoms with Gasteiger partial charge in [0, 0.05) is 23.7 Å². The molecular formula is C15H24O2S. The fraction of sp³-hybridized carbons (Fsp3) is 0.933. The molecule has 2 saturated heterocycles. The number of thioether (sulfide) groups is 1. The Kier molecular flexibility index (Phi) is 3.48. The fourth-order valence-corrected chi connectivity index (χ4v) is 5.39. The Balaban J connectivity index is 1.70. The molecule has 1 aliphatic carbocycles. The summed E-state index contributed by atoms with van der Waals surface area (Å²) in [6, 6.07) is 0. The number of hydrogen-bond acceptors (Lipinski definition) is 3. The molecule has 0 aromatic heterocycles. The minimum absolute atomic E-state index is 0.00502. The summed E-state index contributed by atoms with van der Waals surface area (Å²) in [6.07, 6.45) is 7.82. The monoisotopic (exact) mass is 268 g/mol. The normalized spacial score (nSPS) is 39.3. The number of carbonyl (C=O) groups excluding carboxylic acids is 1. The highest BCUT2D eigenvalue weighted by molar-refractivity contribution is 7.99. The van der Waals surface area contributed by atoms with Crippen LogP contribution in [0, 0.1) is 11.3 Å². The zero-order chi connectivity index (χ0) is 12.6. The van der Waals surface area contributed by atoms with Crippen LogP contribution in [0.2, 0.25) is 0 Å². The molecule has 0 radical (unpaired) electrons. The molecule has 0 aromatic carbocycles. The maximum absolute atomic E-state index is 12.8. The van der Waals surface area contributed by atoms with Crippen molar-refractivity contribution in [2.45, 2.75) is 57.5 Å². The second kappa shape index (κ2) is 4.82. The maximum Gasteiger partial charge on any atom is 0.142 e. The van der Waals surface area contributed by atoms with E-state index >= 15 is 0 Å². The average molecular weight is 268 g/mol. The summed E-state index contributed by atoms with van der Waals surface area (Å²) in [5.74, 6) is 3.14. The van der Waals surface area contributed by atoms with Crippen LogP contribution in [0.1, 0.15) is 51.9 Å². The van der Waals surface area contributed by atoms with Gasteiger partial charge < -0.3 is 4.74 Å². The van der Waals surface area contributed by atoms with E-state index in [0.717, 1.165) is 44.5 Å². The van der Waals surface area contributed by atoms with Gasteiger partial charge in [-0.05, 0) is 37.9 Å². The van der Waals surface area contributed by atoms with Gasteiger partial charge in [-0.2, -0.15) is 11.8 Å². The SMILES string of the molecule is CC1(C(=O)C2CCOC3(CCSC3)C2)CCCC1. The lowest BCUT2D eigenvalue weighted by Crippen LogP contribution is -2.44. The van der Waals surface area contributed by atoms with Crippen molar-refractivity contribution in [1.82, 2.24) is 0 Å². The first kappa shape index (κ1) is 13.0. The van der Waals surface area contributed by atoms with E-state index in [2.05, 4.69) is 6.92 Å². The maximum atomic E-state index is 12.8. The van der Waals surface area contributed by atoms with Gasteiger partial charge >= 0.3 is 0 Å². The molecule has 0 amide bonds. The molecule has 2 unspecified atom stereocenters. The number of carbonyl (C=O) groups is 1. The molecule has 3 rings (SSSR count). The summed E-state index contributed by atoms with van der Waals surface area (Å²) in [7, 11) is 0. The Hall–Kier alpha value is -0.0200. The minimum Gasteiger partial charge on any atom is -0.374 e. The van der Waals surface area contributed by atoms with E-state index in [1.54, 1.807) is 0 Å². The van der Waals surface area contributed by atoms with Gasteiger partial charge in [0.1, 0.15) is 5.78 Å². The van der Waals surface area contributed by atoms with Gasteiger partial charge in [0.25, 0.3) is 0 Å². The van der Waals surface area contributed by atoms with Crippen molar-refractivity contribution in [2.24, 2.45) is 11.3 Å². The lowest BCUT2D eigenvalue weighted by atomic mass is 9.72. The molecule has 0 N–H and O–H groups in total. The highest BCUT2D eigenvalue weighted by atomic mass is 32.2. The van der Waals surface area contributed by atoms with E-state index in [9.17, 15) is 4.79 Å². The molecule has 0 bridgehead atoms. The Morgan fingerprint density at radius 2 is 2.06 bits per heavy atom. The van der Waals surface area contributed by atoms with Crippen LogP contribution in [0.5, 0.6) is 0 Å². The zero-order valence-corrected chi connectivity index (χ0v) is 12.2. The molecule has 3 heteroatoms. The molecule has 2 nitrogen and oxygen atoms in total. The van der Waals surface area contributed by atoms with Crippen molar-refractivity contribution in [2.75, 3.05) is 18.1 Å². The molecule has 1 spiro atoms. The molecule has 18 heavy (non-hydrogen) atoms. The van der Waals surface area contributed by atoms with E-state index in [1.165, 1.54) is 18.6 Å². The van der Waals surface area contributed by atoms with E-state index < -0.39 is 0 Å². The summed E-state index contributed by atoms with van der Waals surface area (Å²) < 4.78 is 6.03. The molecule has 3 fully saturated rings. The van der Waals surface area contributed by atoms with Gasteiger partial charge in [-0.1, -0.05) is 19.8 Å². The van der Waals surface area contributed by atoms with E-state index in [4.69, 9.17) is 4.74 Å². The number of ketones is 1. The zero-order valence-electron chi connectivity index (χ0n) is 11.4. The van der Waals surface area contributed by atoms with Gasteiger partial charge in [-0.25, -0.2) is 0 Å². The third-order valence-corrected chi connectivity index (χ3v) is 6.46. The smallest absolute Gasteiger partial charge is 0.142 e. The predicted octanol–water partition coefficient (Wildman–Crippen LogP) is 3.44. The Labute approximate surface area is 114 Å². The fourth-order valence-electron chi connectivity index (χ4n) is 4.01. The Bertz CT molecular complexity index is 327. The van der Waals surface area contributed by atoms with Crippen molar-refractivity contribution in [3.63, 3.8) is 0 Å². The quantitative estimate of drug-likeness (QED) is 0.767. The first-order valence-corrected chi connectivity index (χ1v) is 8.55. The van der Waals surface area contributed by atoms with Crippen molar-refractivity contribution in [3.8, 4) is 0 Å². The molecule has 2 aliphatic heterocycles. The number of ether oxygens (including phenoxy) is 1. The Morgan fingerprint density at radius 3 is 2.72 bits per heavy atom. The van der Waals surface area contributed by atoms with Gasteiger partial charge in [0.05, 0.1) is 5.60 Å². The summed E-state index contributed by atoms with van der Waals surface area (Å²) in [5.41, 5.74) is 0.0488. The number of Topliss-reactive ketones (excluding diaryl/α,β-unsaturated/α-hetero) is 1. The van der Waals surface area contributed by atoms with Crippen LogP contribution >= 0.6 is 11.8 Å². The van der Waals surface area contributed by atoms with Crippen LogP contribution in [-0.2, 0) is 9.53 Å². The highest BCUT2D eigenvalue weighted by Gasteiger charge is 2.46. The molecule has 2 atom stereocenters. The second-order valence-corrected chi connectivity index (χ2v) is 7.76. The van der Waals surface area contributed by atoms with Crippen LogP contribution in [0.25, 0.3) is 0 Å². The van der Waals surface area contributed by atoms with Gasteiger partial charge in [-0.15, -0.1) is 0 Å². The van der Waals surface area contributed by atoms with Crippen molar-refractivity contribution in [1.29, 1.82) is 0 Å². The molecule has 1 saturated carbocycles. The largest absolute Gasteiger partial charge is 0.374 e. The van der Waals surface area contributed by atoms with Crippen LogP contribution in [0.4, 0.5) is 0 Å². The summed E-state index contributed by atoms with van der Waals surface area (Å²) in [5, 5.41) is 0. The predicted molar refractivity (Wildman–Crippen MR) is 74.9 cm³/mol. The third-order valence-electron chi connectivity index (χ3n) is 5.23. The standard InChI is InChI=1S/C15H24O2S/c1-14(5-2-3-6-14)13(16)12-4-8-17-15(10-12)7-9-18-11-15/h12H,2-11H2,1H3. The third kappa shape index (κ3) is 2.24. The van der Waals surface area contributed by atoms with Crippen molar-refractivity contribution < 1.29 is 9.53 Å². The second-order valence-electron chi connectivity index (χ2n) is 6.66. The van der Waals surface area contributed by atoms with E-state index in [1.807, 2.05) is 11.8 Å². The molecule has 2 heterocycles. The van der Waals surface area contributed by atoms with Crippen molar-refractivity contribution >= 4 is 17.5 Å². The van der Waals surface area contributed by atoms with Crippen LogP contribution in [0.15, 0.2) is 0 Å². The number of rotatable bonds is 2. The van der Waals surface area contributed by atoms with Crippen molar-refractivity contribution in [3.05, 3.63) is 0 Å². The van der Waals surface area contributed by atoms with Crippen LogP contribution in [-0.4, -0.2) is 29.5 Å². The average Bonchev–Trinajstić information content (AvgIpc) is 2.99. The lowest BCUT2D eigenvalue weighted by Gasteiger charge is -2.39. The molecule has 0 aromatic rings. The topological polar surface area (TPSA) is 26.3 Å². The van der Waals surface area contributed by atoms with Gasteiger partial charge in [-0.3, -0.25) is 4.79 Å². The Morgan fingerprint density at radius 1 is 1.28 bits per heavy atom. The van der Waals surface area contributed by atoms with E-state index in [0.29, 0.717) is 5.78 Å². The van der Waals surface area contributed by atoms with Gasteiger partial charge in [0.15, 0.2) is 0 Å².